The molecule has 0 aliphatic carbocycles. The lowest BCUT2D eigenvalue weighted by molar-refractivity contribution is -0.145. The maximum Gasteiger partial charge on any atom is 0.326 e. The molecule has 1 aliphatic rings. The van der Waals surface area contributed by atoms with Crippen molar-refractivity contribution in [1.29, 1.82) is 0 Å². The Bertz CT molecular complexity index is 372. The Morgan fingerprint density at radius 1 is 1.37 bits per heavy atom. The molecular formula is C11H18N2O6. The normalized spacial score (nSPS) is 24.6. The number of carboxylic acid groups (broad SMARTS) is 2. The summed E-state index contributed by atoms with van der Waals surface area (Å²) in [4.78, 5) is 34.8. The smallest absolute Gasteiger partial charge is 0.326 e. The summed E-state index contributed by atoms with van der Waals surface area (Å²) in [5, 5.41) is 19.7. The Kier molecular flexibility index (Phi) is 5.11. The Morgan fingerprint density at radius 2 is 2.00 bits per heavy atom. The summed E-state index contributed by atoms with van der Waals surface area (Å²) in [6, 6.07) is -2.21. The molecule has 8 heteroatoms. The van der Waals surface area contributed by atoms with Crippen LogP contribution in [0.5, 0.6) is 0 Å². The first-order valence-corrected chi connectivity index (χ1v) is 5.94. The predicted molar refractivity (Wildman–Crippen MR) is 63.8 cm³/mol. The monoisotopic (exact) mass is 274 g/mol. The summed E-state index contributed by atoms with van der Waals surface area (Å²) in [5.41, 5.74) is 0. The van der Waals surface area contributed by atoms with E-state index in [1.54, 1.807) is 13.8 Å². The van der Waals surface area contributed by atoms with Crippen LogP contribution in [-0.2, 0) is 14.3 Å². The quantitative estimate of drug-likeness (QED) is 0.650. The molecule has 0 spiro atoms. The van der Waals surface area contributed by atoms with Crippen molar-refractivity contribution in [3.05, 3.63) is 0 Å². The van der Waals surface area contributed by atoms with E-state index in [0.29, 0.717) is 13.2 Å². The molecule has 0 aromatic rings. The van der Waals surface area contributed by atoms with Crippen molar-refractivity contribution in [3.63, 3.8) is 0 Å². The van der Waals surface area contributed by atoms with Crippen LogP contribution in [0.1, 0.15) is 20.3 Å². The molecule has 0 radical (unpaired) electrons. The van der Waals surface area contributed by atoms with Gasteiger partial charge in [-0.05, 0) is 13.8 Å². The number of aliphatic carboxylic acids is 2. The van der Waals surface area contributed by atoms with Gasteiger partial charge in [0.25, 0.3) is 0 Å². The van der Waals surface area contributed by atoms with Crippen molar-refractivity contribution in [3.8, 4) is 0 Å². The molecule has 0 aromatic heterocycles. The van der Waals surface area contributed by atoms with Gasteiger partial charge in [-0.1, -0.05) is 0 Å². The summed E-state index contributed by atoms with van der Waals surface area (Å²) in [6.45, 7) is 4.29. The number of carboxylic acids is 2. The van der Waals surface area contributed by atoms with Crippen molar-refractivity contribution in [2.45, 2.75) is 38.5 Å². The average molecular weight is 274 g/mol. The number of carbonyl (C=O) groups is 3. The van der Waals surface area contributed by atoms with E-state index in [1.165, 1.54) is 4.90 Å². The van der Waals surface area contributed by atoms with E-state index in [4.69, 9.17) is 14.9 Å². The largest absolute Gasteiger partial charge is 0.481 e. The minimum atomic E-state index is -1.43. The van der Waals surface area contributed by atoms with Gasteiger partial charge >= 0.3 is 18.0 Å². The lowest BCUT2D eigenvalue weighted by atomic mass is 10.2. The van der Waals surface area contributed by atoms with Gasteiger partial charge in [0.15, 0.2) is 0 Å². The molecular weight excluding hydrogens is 256 g/mol. The molecule has 3 atom stereocenters. The van der Waals surface area contributed by atoms with Crippen LogP contribution in [0.3, 0.4) is 0 Å². The third-order valence-corrected chi connectivity index (χ3v) is 2.84. The van der Waals surface area contributed by atoms with Gasteiger partial charge in [0.2, 0.25) is 0 Å². The number of hydrogen-bond acceptors (Lipinski definition) is 4. The van der Waals surface area contributed by atoms with Crippen molar-refractivity contribution in [2.24, 2.45) is 0 Å². The first kappa shape index (κ1) is 15.2. The van der Waals surface area contributed by atoms with E-state index in [1.807, 2.05) is 0 Å². The molecule has 1 heterocycles. The van der Waals surface area contributed by atoms with Gasteiger partial charge in [-0.2, -0.15) is 0 Å². The molecule has 19 heavy (non-hydrogen) atoms. The summed E-state index contributed by atoms with van der Waals surface area (Å²) in [6.07, 6.45) is -0.792. The van der Waals surface area contributed by atoms with Crippen LogP contribution in [0, 0.1) is 0 Å². The first-order valence-electron chi connectivity index (χ1n) is 5.94. The number of morpholine rings is 1. The van der Waals surface area contributed by atoms with E-state index in [2.05, 4.69) is 5.32 Å². The number of ether oxygens (including phenoxy) is 1. The molecule has 8 nitrogen and oxygen atoms in total. The highest BCUT2D eigenvalue weighted by atomic mass is 16.5. The minimum Gasteiger partial charge on any atom is -0.481 e. The van der Waals surface area contributed by atoms with E-state index in [-0.39, 0.29) is 12.1 Å². The number of carbonyl (C=O) groups excluding carboxylic acids is 1. The van der Waals surface area contributed by atoms with Gasteiger partial charge in [-0.25, -0.2) is 9.59 Å². The zero-order valence-electron chi connectivity index (χ0n) is 10.8. The van der Waals surface area contributed by atoms with E-state index < -0.39 is 30.4 Å². The zero-order chi connectivity index (χ0) is 14.6. The fourth-order valence-corrected chi connectivity index (χ4v) is 1.79. The van der Waals surface area contributed by atoms with Crippen molar-refractivity contribution >= 4 is 18.0 Å². The van der Waals surface area contributed by atoms with Gasteiger partial charge < -0.3 is 25.2 Å². The van der Waals surface area contributed by atoms with Crippen molar-refractivity contribution < 1.29 is 29.3 Å². The molecule has 1 rings (SSSR count). The van der Waals surface area contributed by atoms with Crippen molar-refractivity contribution in [2.75, 3.05) is 13.2 Å². The highest BCUT2D eigenvalue weighted by molar-refractivity contribution is 5.86. The van der Waals surface area contributed by atoms with Gasteiger partial charge in [-0.15, -0.1) is 0 Å². The summed E-state index contributed by atoms with van der Waals surface area (Å²) in [7, 11) is 0. The number of amides is 2. The second-order valence-electron chi connectivity index (χ2n) is 4.58. The number of nitrogens with zero attached hydrogens (tertiary/aromatic N) is 1. The van der Waals surface area contributed by atoms with E-state index in [9.17, 15) is 14.4 Å². The molecule has 2 amide bonds. The van der Waals surface area contributed by atoms with Crippen LogP contribution in [0.15, 0.2) is 0 Å². The molecule has 0 saturated carbocycles. The molecule has 3 unspecified atom stereocenters. The van der Waals surface area contributed by atoms with Crippen LogP contribution in [0.4, 0.5) is 4.79 Å². The molecule has 3 N–H and O–H groups in total. The Morgan fingerprint density at radius 3 is 2.53 bits per heavy atom. The highest BCUT2D eigenvalue weighted by Crippen LogP contribution is 2.11. The fraction of sp³-hybridized carbons (Fsp3) is 0.727. The highest BCUT2D eigenvalue weighted by Gasteiger charge is 2.31. The predicted octanol–water partition coefficient (Wildman–Crippen LogP) is -0.267. The summed E-state index contributed by atoms with van der Waals surface area (Å²) >= 11 is 0. The Balaban J connectivity index is 2.65. The third-order valence-electron chi connectivity index (χ3n) is 2.84. The van der Waals surface area contributed by atoms with Crippen LogP contribution in [0.2, 0.25) is 0 Å². The Hall–Kier alpha value is -1.83. The van der Waals surface area contributed by atoms with Crippen molar-refractivity contribution in [1.82, 2.24) is 10.2 Å². The van der Waals surface area contributed by atoms with Gasteiger partial charge in [0.05, 0.1) is 25.2 Å². The van der Waals surface area contributed by atoms with Gasteiger partial charge in [0, 0.05) is 6.54 Å². The molecule has 1 fully saturated rings. The molecule has 1 aliphatic heterocycles. The van der Waals surface area contributed by atoms with Crippen LogP contribution < -0.4 is 5.32 Å². The fourth-order valence-electron chi connectivity index (χ4n) is 1.79. The van der Waals surface area contributed by atoms with Crippen LogP contribution in [-0.4, -0.2) is 64.4 Å². The minimum absolute atomic E-state index is 0.135. The molecule has 0 bridgehead atoms. The molecule has 0 aromatic carbocycles. The second-order valence-corrected chi connectivity index (χ2v) is 4.58. The number of urea groups is 1. The first-order chi connectivity index (χ1) is 8.81. The standard InChI is InChI=1S/C11H18N2O6/c1-6-5-19-7(2)4-13(6)11(18)12-8(10(16)17)3-9(14)15/h6-8H,3-5H2,1-2H3,(H,12,18)(H,14,15)(H,16,17). The average Bonchev–Trinajstić information content (AvgIpc) is 2.30. The molecule has 108 valence electrons. The number of rotatable bonds is 4. The lowest BCUT2D eigenvalue weighted by Gasteiger charge is -2.37. The van der Waals surface area contributed by atoms with E-state index in [0.717, 1.165) is 0 Å². The number of hydrogen-bond donors (Lipinski definition) is 3. The summed E-state index contributed by atoms with van der Waals surface area (Å²) in [5.74, 6) is -2.65. The van der Waals surface area contributed by atoms with Gasteiger partial charge in [-0.3, -0.25) is 4.79 Å². The maximum absolute atomic E-state index is 12.0. The Labute approximate surface area is 110 Å². The summed E-state index contributed by atoms with van der Waals surface area (Å²) < 4.78 is 5.36. The van der Waals surface area contributed by atoms with Crippen LogP contribution in [0.25, 0.3) is 0 Å². The zero-order valence-corrected chi connectivity index (χ0v) is 10.8. The van der Waals surface area contributed by atoms with Crippen LogP contribution >= 0.6 is 0 Å². The number of nitrogens with one attached hydrogen (secondary N) is 1. The molecule has 1 saturated heterocycles. The van der Waals surface area contributed by atoms with Gasteiger partial charge in [0.1, 0.15) is 6.04 Å². The van der Waals surface area contributed by atoms with E-state index >= 15 is 0 Å². The second kappa shape index (κ2) is 6.37. The SMILES string of the molecule is CC1CN(C(=O)NC(CC(=O)O)C(=O)O)C(C)CO1. The maximum atomic E-state index is 12.0. The topological polar surface area (TPSA) is 116 Å². The third kappa shape index (κ3) is 4.40. The lowest BCUT2D eigenvalue weighted by Crippen LogP contribution is -2.56.